The number of sulfonamides is 1. The summed E-state index contributed by atoms with van der Waals surface area (Å²) < 4.78 is 30.6. The minimum atomic E-state index is -3.45. The molecule has 124 valence electrons. The number of hydrogen-bond donors (Lipinski definition) is 1. The smallest absolute Gasteiger partial charge is 0.239 e. The Labute approximate surface area is 130 Å². The van der Waals surface area contributed by atoms with E-state index in [0.717, 1.165) is 0 Å². The summed E-state index contributed by atoms with van der Waals surface area (Å²) in [6.07, 6.45) is 1.34. The summed E-state index contributed by atoms with van der Waals surface area (Å²) in [6.45, 7) is 5.05. The lowest BCUT2D eigenvalue weighted by molar-refractivity contribution is -0.134. The molecular formula is C13H22N4O4S. The molecule has 0 spiro atoms. The second-order valence-corrected chi connectivity index (χ2v) is 7.71. The minimum absolute atomic E-state index is 0.0569. The van der Waals surface area contributed by atoms with Crippen LogP contribution in [-0.2, 0) is 20.6 Å². The van der Waals surface area contributed by atoms with Crippen molar-refractivity contribution >= 4 is 15.9 Å². The third-order valence-electron chi connectivity index (χ3n) is 3.77. The fourth-order valence-corrected chi connectivity index (χ4v) is 3.70. The summed E-state index contributed by atoms with van der Waals surface area (Å²) in [5, 5.41) is 3.62. The van der Waals surface area contributed by atoms with Crippen LogP contribution >= 0.6 is 0 Å². The Kier molecular flexibility index (Phi) is 5.20. The molecule has 0 bridgehead atoms. The molecule has 9 heteroatoms. The van der Waals surface area contributed by atoms with Gasteiger partial charge in [0.25, 0.3) is 0 Å². The van der Waals surface area contributed by atoms with Crippen molar-refractivity contribution in [2.45, 2.75) is 25.6 Å². The largest absolute Gasteiger partial charge is 0.364 e. The Morgan fingerprint density at radius 1 is 1.36 bits per heavy atom. The molecule has 1 aliphatic heterocycles. The van der Waals surface area contributed by atoms with E-state index in [1.165, 1.54) is 16.6 Å². The van der Waals surface area contributed by atoms with E-state index >= 15 is 0 Å². The van der Waals surface area contributed by atoms with Crippen LogP contribution in [-0.4, -0.2) is 60.9 Å². The lowest BCUT2D eigenvalue weighted by Gasteiger charge is -2.35. The van der Waals surface area contributed by atoms with Crippen LogP contribution in [0.5, 0.6) is 0 Å². The van der Waals surface area contributed by atoms with Gasteiger partial charge in [-0.2, -0.15) is 4.31 Å². The highest BCUT2D eigenvalue weighted by Gasteiger charge is 2.31. The quantitative estimate of drug-likeness (QED) is 0.789. The zero-order valence-corrected chi connectivity index (χ0v) is 13.6. The molecule has 0 aliphatic carbocycles. The molecule has 1 amide bonds. The third-order valence-corrected chi connectivity index (χ3v) is 5.58. The van der Waals surface area contributed by atoms with E-state index in [9.17, 15) is 13.2 Å². The number of carbonyl (C=O) groups is 1. The molecule has 1 aromatic rings. The Balaban J connectivity index is 1.93. The van der Waals surface area contributed by atoms with Crippen LogP contribution in [0.3, 0.4) is 0 Å². The van der Waals surface area contributed by atoms with Gasteiger partial charge in [-0.25, -0.2) is 8.42 Å². The van der Waals surface area contributed by atoms with Crippen molar-refractivity contribution in [1.29, 1.82) is 0 Å². The second kappa shape index (κ2) is 6.76. The van der Waals surface area contributed by atoms with E-state index in [-0.39, 0.29) is 30.7 Å². The van der Waals surface area contributed by atoms with Gasteiger partial charge in [0.1, 0.15) is 12.0 Å². The molecule has 1 aromatic heterocycles. The standard InChI is InChI=1S/C13H22N4O4S/c1-10(2)12(14)13(18)16-4-6-17(7-5-16)22(19,20)9-11-3-8-21-15-11/h3,8,10,12H,4-7,9,14H2,1-2H3/t12-/m0/s1. The van der Waals surface area contributed by atoms with E-state index in [1.54, 1.807) is 4.90 Å². The molecule has 1 fully saturated rings. The van der Waals surface area contributed by atoms with Crippen LogP contribution < -0.4 is 5.73 Å². The van der Waals surface area contributed by atoms with Crippen molar-refractivity contribution < 1.29 is 17.7 Å². The first-order valence-electron chi connectivity index (χ1n) is 7.22. The number of aromatic nitrogens is 1. The van der Waals surface area contributed by atoms with Gasteiger partial charge in [-0.1, -0.05) is 19.0 Å². The molecule has 8 nitrogen and oxygen atoms in total. The highest BCUT2D eigenvalue weighted by Crippen LogP contribution is 2.14. The van der Waals surface area contributed by atoms with Crippen LogP contribution in [0, 0.1) is 5.92 Å². The maximum atomic E-state index is 12.3. The molecule has 1 aliphatic rings. The molecule has 1 saturated heterocycles. The summed E-state index contributed by atoms with van der Waals surface area (Å²) in [4.78, 5) is 13.8. The number of nitrogens with zero attached hydrogens (tertiary/aromatic N) is 3. The fraction of sp³-hybridized carbons (Fsp3) is 0.692. The zero-order valence-electron chi connectivity index (χ0n) is 12.8. The fourth-order valence-electron chi connectivity index (χ4n) is 2.27. The molecule has 0 saturated carbocycles. The molecule has 22 heavy (non-hydrogen) atoms. The Morgan fingerprint density at radius 2 is 2.00 bits per heavy atom. The molecule has 0 unspecified atom stereocenters. The monoisotopic (exact) mass is 330 g/mol. The first-order chi connectivity index (χ1) is 10.3. The van der Waals surface area contributed by atoms with Gasteiger partial charge in [0, 0.05) is 32.2 Å². The number of nitrogens with two attached hydrogens (primary N) is 1. The maximum absolute atomic E-state index is 12.3. The van der Waals surface area contributed by atoms with E-state index in [4.69, 9.17) is 5.73 Å². The van der Waals surface area contributed by atoms with Crippen molar-refractivity contribution in [1.82, 2.24) is 14.4 Å². The molecule has 2 N–H and O–H groups in total. The summed E-state index contributed by atoms with van der Waals surface area (Å²) in [5.74, 6) is -0.256. The third kappa shape index (κ3) is 3.84. The number of hydrogen-bond acceptors (Lipinski definition) is 6. The predicted octanol–water partition coefficient (Wildman–Crippen LogP) is -0.368. The average Bonchev–Trinajstić information content (AvgIpc) is 2.98. The first-order valence-corrected chi connectivity index (χ1v) is 8.83. The Bertz CT molecular complexity index is 592. The van der Waals surface area contributed by atoms with Gasteiger partial charge >= 0.3 is 0 Å². The molecule has 0 radical (unpaired) electrons. The SMILES string of the molecule is CC(C)[C@H](N)C(=O)N1CCN(S(=O)(=O)Cc2ccon2)CC1. The summed E-state index contributed by atoms with van der Waals surface area (Å²) >= 11 is 0. The van der Waals surface area contributed by atoms with Gasteiger partial charge < -0.3 is 15.2 Å². The zero-order chi connectivity index (χ0) is 16.3. The van der Waals surface area contributed by atoms with Crippen molar-refractivity contribution in [3.63, 3.8) is 0 Å². The van der Waals surface area contributed by atoms with Crippen LogP contribution in [0.25, 0.3) is 0 Å². The van der Waals surface area contributed by atoms with Crippen LogP contribution in [0.15, 0.2) is 16.9 Å². The van der Waals surface area contributed by atoms with Crippen LogP contribution in [0.1, 0.15) is 19.5 Å². The molecule has 2 rings (SSSR count). The van der Waals surface area contributed by atoms with Crippen LogP contribution in [0.4, 0.5) is 0 Å². The van der Waals surface area contributed by atoms with Gasteiger partial charge in [0.05, 0.1) is 11.7 Å². The van der Waals surface area contributed by atoms with Crippen molar-refractivity contribution in [3.8, 4) is 0 Å². The van der Waals surface area contributed by atoms with Gasteiger partial charge in [0.2, 0.25) is 15.9 Å². The highest BCUT2D eigenvalue weighted by molar-refractivity contribution is 7.88. The van der Waals surface area contributed by atoms with Gasteiger partial charge in [-0.3, -0.25) is 4.79 Å². The van der Waals surface area contributed by atoms with Gasteiger partial charge in [0.15, 0.2) is 0 Å². The number of carbonyl (C=O) groups excluding carboxylic acids is 1. The summed E-state index contributed by atoms with van der Waals surface area (Å²) in [7, 11) is -3.45. The van der Waals surface area contributed by atoms with Crippen LogP contribution in [0.2, 0.25) is 0 Å². The molecule has 0 aromatic carbocycles. The van der Waals surface area contributed by atoms with Gasteiger partial charge in [-0.15, -0.1) is 0 Å². The summed E-state index contributed by atoms with van der Waals surface area (Å²) in [6, 6.07) is 0.984. The Morgan fingerprint density at radius 3 is 2.50 bits per heavy atom. The van der Waals surface area contributed by atoms with Gasteiger partial charge in [-0.05, 0) is 5.92 Å². The lowest BCUT2D eigenvalue weighted by atomic mass is 10.0. The molecule has 1 atom stereocenters. The number of rotatable bonds is 5. The molecular weight excluding hydrogens is 308 g/mol. The lowest BCUT2D eigenvalue weighted by Crippen LogP contribution is -2.55. The van der Waals surface area contributed by atoms with E-state index < -0.39 is 16.1 Å². The van der Waals surface area contributed by atoms with E-state index in [0.29, 0.717) is 18.8 Å². The maximum Gasteiger partial charge on any atom is 0.239 e. The topological polar surface area (TPSA) is 110 Å². The minimum Gasteiger partial charge on any atom is -0.364 e. The second-order valence-electron chi connectivity index (χ2n) is 5.74. The van der Waals surface area contributed by atoms with Crippen molar-refractivity contribution in [2.75, 3.05) is 26.2 Å². The normalized spacial score (nSPS) is 18.6. The first kappa shape index (κ1) is 16.9. The van der Waals surface area contributed by atoms with E-state index in [1.807, 2.05) is 13.8 Å². The highest BCUT2D eigenvalue weighted by atomic mass is 32.2. The van der Waals surface area contributed by atoms with Crippen molar-refractivity contribution in [3.05, 3.63) is 18.0 Å². The summed E-state index contributed by atoms with van der Waals surface area (Å²) in [5.41, 5.74) is 6.24. The van der Waals surface area contributed by atoms with Crippen molar-refractivity contribution in [2.24, 2.45) is 11.7 Å². The predicted molar refractivity (Wildman–Crippen MR) is 80.1 cm³/mol. The molecule has 2 heterocycles. The van der Waals surface area contributed by atoms with E-state index in [2.05, 4.69) is 9.68 Å². The Hall–Kier alpha value is -1.45. The number of amides is 1. The number of piperazine rings is 1. The average molecular weight is 330 g/mol.